The van der Waals surface area contributed by atoms with E-state index < -0.39 is 17.7 Å². The molecule has 2 N–H and O–H groups in total. The van der Waals surface area contributed by atoms with Crippen molar-refractivity contribution >= 4 is 17.0 Å². The van der Waals surface area contributed by atoms with Crippen LogP contribution < -0.4 is 5.32 Å². The van der Waals surface area contributed by atoms with Crippen LogP contribution in [0.1, 0.15) is 36.9 Å². The van der Waals surface area contributed by atoms with Crippen molar-refractivity contribution in [1.29, 1.82) is 0 Å². The fraction of sp³-hybridized carbons (Fsp3) is 0.500. The first kappa shape index (κ1) is 22.4. The molecule has 10 heteroatoms. The van der Waals surface area contributed by atoms with Gasteiger partial charge in [0, 0.05) is 18.3 Å². The van der Waals surface area contributed by atoms with E-state index in [0.717, 1.165) is 45.0 Å². The maximum atomic E-state index is 13.8. The lowest BCUT2D eigenvalue weighted by Crippen LogP contribution is -2.30. The average molecular weight is 450 g/mol. The van der Waals surface area contributed by atoms with Gasteiger partial charge in [0.2, 0.25) is 5.95 Å². The summed E-state index contributed by atoms with van der Waals surface area (Å²) < 4.78 is 55.1. The molecule has 32 heavy (non-hydrogen) atoms. The van der Waals surface area contributed by atoms with Crippen LogP contribution in [-0.4, -0.2) is 51.5 Å². The molecular formula is C22H26F4N6. The number of hydrogen-bond donors (Lipinski definition) is 2. The molecule has 0 atom stereocenters. The van der Waals surface area contributed by atoms with Crippen molar-refractivity contribution in [2.45, 2.75) is 38.8 Å². The van der Waals surface area contributed by atoms with Crippen LogP contribution >= 0.6 is 0 Å². The number of aryl methyl sites for hydroxylation is 1. The zero-order chi connectivity index (χ0) is 22.9. The largest absolute Gasteiger partial charge is 0.434 e. The highest BCUT2D eigenvalue weighted by molar-refractivity contribution is 5.82. The predicted octanol–water partition coefficient (Wildman–Crippen LogP) is 5.02. The fourth-order valence-corrected chi connectivity index (χ4v) is 4.11. The Morgan fingerprint density at radius 2 is 1.94 bits per heavy atom. The SMILES string of the molecule is Cc1c(F)ccc2[nH]c(-c3cnc(NCCCC4CCN(C)CC4)nc3C(F)(F)F)nc12. The molecule has 6 nitrogen and oxygen atoms in total. The average Bonchev–Trinajstić information content (AvgIpc) is 3.19. The molecule has 1 aromatic carbocycles. The number of aromatic amines is 1. The van der Waals surface area contributed by atoms with Crippen LogP contribution in [0.15, 0.2) is 18.3 Å². The molecule has 0 aliphatic carbocycles. The van der Waals surface area contributed by atoms with Gasteiger partial charge in [-0.2, -0.15) is 13.2 Å². The van der Waals surface area contributed by atoms with Gasteiger partial charge in [0.1, 0.15) is 11.6 Å². The molecule has 172 valence electrons. The van der Waals surface area contributed by atoms with Crippen LogP contribution in [-0.2, 0) is 6.18 Å². The number of anilines is 1. The third-order valence-corrected chi connectivity index (χ3v) is 6.06. The Bertz CT molecular complexity index is 1090. The highest BCUT2D eigenvalue weighted by atomic mass is 19.4. The molecule has 3 aromatic rings. The van der Waals surface area contributed by atoms with Crippen LogP contribution in [0.2, 0.25) is 0 Å². The summed E-state index contributed by atoms with van der Waals surface area (Å²) in [5.41, 5.74) is -0.359. The Balaban J connectivity index is 1.49. The fourth-order valence-electron chi connectivity index (χ4n) is 4.11. The molecule has 3 heterocycles. The van der Waals surface area contributed by atoms with E-state index in [1.54, 1.807) is 0 Å². The van der Waals surface area contributed by atoms with Gasteiger partial charge in [-0.3, -0.25) is 0 Å². The van der Waals surface area contributed by atoms with Crippen molar-refractivity contribution in [3.63, 3.8) is 0 Å². The molecule has 4 rings (SSSR count). The number of fused-ring (bicyclic) bond motifs is 1. The van der Waals surface area contributed by atoms with Crippen molar-refractivity contribution in [1.82, 2.24) is 24.8 Å². The molecular weight excluding hydrogens is 424 g/mol. The van der Waals surface area contributed by atoms with E-state index in [-0.39, 0.29) is 28.4 Å². The smallest absolute Gasteiger partial charge is 0.354 e. The van der Waals surface area contributed by atoms with Crippen LogP contribution in [0.3, 0.4) is 0 Å². The normalized spacial score (nSPS) is 16.1. The topological polar surface area (TPSA) is 69.7 Å². The van der Waals surface area contributed by atoms with Crippen molar-refractivity contribution in [3.05, 3.63) is 35.4 Å². The summed E-state index contributed by atoms with van der Waals surface area (Å²) in [4.78, 5) is 17.1. The highest BCUT2D eigenvalue weighted by Crippen LogP contribution is 2.36. The number of benzene rings is 1. The van der Waals surface area contributed by atoms with Gasteiger partial charge in [0.05, 0.1) is 16.6 Å². The minimum Gasteiger partial charge on any atom is -0.354 e. The Morgan fingerprint density at radius 3 is 2.66 bits per heavy atom. The number of rotatable bonds is 6. The van der Waals surface area contributed by atoms with Crippen LogP contribution in [0, 0.1) is 18.7 Å². The van der Waals surface area contributed by atoms with Gasteiger partial charge in [-0.25, -0.2) is 19.3 Å². The van der Waals surface area contributed by atoms with Crippen LogP contribution in [0.4, 0.5) is 23.5 Å². The maximum Gasteiger partial charge on any atom is 0.434 e. The molecule has 0 unspecified atom stereocenters. The molecule has 0 bridgehead atoms. The predicted molar refractivity (Wildman–Crippen MR) is 115 cm³/mol. The number of nitrogens with one attached hydrogen (secondary N) is 2. The Hall–Kier alpha value is -2.75. The lowest BCUT2D eigenvalue weighted by molar-refractivity contribution is -0.140. The highest BCUT2D eigenvalue weighted by Gasteiger charge is 2.37. The number of alkyl halides is 3. The first-order valence-corrected chi connectivity index (χ1v) is 10.7. The molecule has 1 aliphatic rings. The van der Waals surface area contributed by atoms with Gasteiger partial charge >= 0.3 is 6.18 Å². The monoisotopic (exact) mass is 450 g/mol. The van der Waals surface area contributed by atoms with Crippen molar-refractivity contribution in [2.75, 3.05) is 32.0 Å². The second kappa shape index (κ2) is 9.01. The Morgan fingerprint density at radius 1 is 1.19 bits per heavy atom. The van der Waals surface area contributed by atoms with Gasteiger partial charge in [-0.1, -0.05) is 0 Å². The summed E-state index contributed by atoms with van der Waals surface area (Å²) >= 11 is 0. The zero-order valence-corrected chi connectivity index (χ0v) is 18.1. The molecule has 0 amide bonds. The van der Waals surface area contributed by atoms with Crippen molar-refractivity contribution in [3.8, 4) is 11.4 Å². The van der Waals surface area contributed by atoms with E-state index >= 15 is 0 Å². The van der Waals surface area contributed by atoms with Gasteiger partial charge in [0.25, 0.3) is 0 Å². The standard InChI is InChI=1S/C22H26F4N6/c1-13-16(23)5-6-17-18(13)30-20(29-17)15-12-28-21(31-19(15)22(24,25)26)27-9-3-4-14-7-10-32(2)11-8-14/h5-6,12,14H,3-4,7-11H2,1-2H3,(H,29,30)(H,27,28,31). The number of aromatic nitrogens is 4. The third-order valence-electron chi connectivity index (χ3n) is 6.06. The van der Waals surface area contributed by atoms with E-state index in [9.17, 15) is 17.6 Å². The van der Waals surface area contributed by atoms with E-state index in [2.05, 4.69) is 37.2 Å². The van der Waals surface area contributed by atoms with Gasteiger partial charge in [0.15, 0.2) is 5.69 Å². The summed E-state index contributed by atoms with van der Waals surface area (Å²) in [5.74, 6) is 0.0729. The minimum atomic E-state index is -4.69. The Kier molecular flexibility index (Phi) is 6.32. The number of nitrogens with zero attached hydrogens (tertiary/aromatic N) is 4. The zero-order valence-electron chi connectivity index (χ0n) is 18.1. The molecule has 2 aromatic heterocycles. The van der Waals surface area contributed by atoms with E-state index in [0.29, 0.717) is 18.0 Å². The summed E-state index contributed by atoms with van der Waals surface area (Å²) in [7, 11) is 2.11. The molecule has 1 aliphatic heterocycles. The Labute approximate surface area is 183 Å². The minimum absolute atomic E-state index is 0.0464. The summed E-state index contributed by atoms with van der Waals surface area (Å²) in [6, 6.07) is 2.70. The van der Waals surface area contributed by atoms with Crippen LogP contribution in [0.25, 0.3) is 22.4 Å². The van der Waals surface area contributed by atoms with E-state index in [1.807, 2.05) is 0 Å². The summed E-state index contributed by atoms with van der Waals surface area (Å²) in [6.07, 6.45) is 0.595. The number of piperidine rings is 1. The molecule has 0 saturated carbocycles. The maximum absolute atomic E-state index is 13.8. The summed E-state index contributed by atoms with van der Waals surface area (Å²) in [6.45, 7) is 4.21. The van der Waals surface area contributed by atoms with Gasteiger partial charge in [-0.05, 0) is 70.8 Å². The number of likely N-dealkylation sites (tertiary alicyclic amines) is 1. The lowest BCUT2D eigenvalue weighted by Gasteiger charge is -2.28. The summed E-state index contributed by atoms with van der Waals surface area (Å²) in [5, 5.41) is 2.91. The lowest BCUT2D eigenvalue weighted by atomic mass is 9.92. The molecule has 0 spiro atoms. The van der Waals surface area contributed by atoms with E-state index in [4.69, 9.17) is 0 Å². The molecule has 0 radical (unpaired) electrons. The van der Waals surface area contributed by atoms with Crippen LogP contribution in [0.5, 0.6) is 0 Å². The van der Waals surface area contributed by atoms with Crippen molar-refractivity contribution in [2.24, 2.45) is 5.92 Å². The van der Waals surface area contributed by atoms with E-state index in [1.165, 1.54) is 19.1 Å². The van der Waals surface area contributed by atoms with Gasteiger partial charge < -0.3 is 15.2 Å². The number of imidazole rings is 1. The van der Waals surface area contributed by atoms with Gasteiger partial charge in [-0.15, -0.1) is 0 Å². The number of H-pyrrole nitrogens is 1. The quantitative estimate of drug-likeness (QED) is 0.408. The second-order valence-corrected chi connectivity index (χ2v) is 8.42. The first-order valence-electron chi connectivity index (χ1n) is 10.7. The second-order valence-electron chi connectivity index (χ2n) is 8.42. The van der Waals surface area contributed by atoms with Crippen molar-refractivity contribution < 1.29 is 17.6 Å². The molecule has 1 saturated heterocycles. The number of halogens is 4. The number of hydrogen-bond acceptors (Lipinski definition) is 5. The third kappa shape index (κ3) is 4.85. The first-order chi connectivity index (χ1) is 15.2. The molecule has 1 fully saturated rings.